The van der Waals surface area contributed by atoms with Gasteiger partial charge in [0.2, 0.25) is 5.91 Å². The molecule has 0 radical (unpaired) electrons. The van der Waals surface area contributed by atoms with E-state index in [1.807, 2.05) is 16.3 Å². The molecule has 1 aliphatic rings. The molecule has 1 aliphatic heterocycles. The minimum atomic E-state index is 0.127. The number of nitrogens with zero attached hydrogens (tertiary/aromatic N) is 3. The molecule has 0 bridgehead atoms. The van der Waals surface area contributed by atoms with Crippen LogP contribution in [0.4, 0.5) is 0 Å². The van der Waals surface area contributed by atoms with Gasteiger partial charge in [0.1, 0.15) is 5.52 Å². The highest BCUT2D eigenvalue weighted by Crippen LogP contribution is 2.20. The Morgan fingerprint density at radius 2 is 2.32 bits per heavy atom. The van der Waals surface area contributed by atoms with Gasteiger partial charge in [-0.25, -0.2) is 0 Å². The van der Waals surface area contributed by atoms with E-state index in [0.29, 0.717) is 17.7 Å². The van der Waals surface area contributed by atoms with E-state index in [1.165, 1.54) is 0 Å². The molecule has 0 saturated carbocycles. The Labute approximate surface area is 115 Å². The van der Waals surface area contributed by atoms with Gasteiger partial charge in [0.05, 0.1) is 5.69 Å². The van der Waals surface area contributed by atoms with Crippen molar-refractivity contribution < 1.29 is 4.79 Å². The Bertz CT molecular complexity index is 695. The Kier molecular flexibility index (Phi) is 2.93. The molecule has 6 nitrogen and oxygen atoms in total. The average molecular weight is 279 g/mol. The SMILES string of the molecule is CCc1nn(C)c2c1[nH]c(=S)n2CC1CCC(=O)N1. The van der Waals surface area contributed by atoms with Crippen LogP contribution in [0.5, 0.6) is 0 Å². The summed E-state index contributed by atoms with van der Waals surface area (Å²) in [7, 11) is 1.92. The molecule has 2 aromatic heterocycles. The number of aromatic amines is 1. The predicted octanol–water partition coefficient (Wildman–Crippen LogP) is 1.27. The number of carbonyl (C=O) groups excluding carboxylic acids is 1. The van der Waals surface area contributed by atoms with E-state index >= 15 is 0 Å². The van der Waals surface area contributed by atoms with Crippen LogP contribution in [-0.4, -0.2) is 31.3 Å². The van der Waals surface area contributed by atoms with Crippen LogP contribution in [0.3, 0.4) is 0 Å². The summed E-state index contributed by atoms with van der Waals surface area (Å²) in [5.41, 5.74) is 3.04. The van der Waals surface area contributed by atoms with Crippen LogP contribution in [0, 0.1) is 4.77 Å². The third kappa shape index (κ3) is 1.98. The second-order valence-electron chi connectivity index (χ2n) is 4.97. The molecule has 0 aliphatic carbocycles. The summed E-state index contributed by atoms with van der Waals surface area (Å²) in [4.78, 5) is 14.5. The summed E-state index contributed by atoms with van der Waals surface area (Å²) in [6.45, 7) is 2.78. The molecule has 3 rings (SSSR count). The quantitative estimate of drug-likeness (QED) is 0.832. The van der Waals surface area contributed by atoms with Crippen molar-refractivity contribution in [3.05, 3.63) is 10.5 Å². The highest BCUT2D eigenvalue weighted by atomic mass is 32.1. The molecule has 1 saturated heterocycles. The minimum absolute atomic E-state index is 0.127. The zero-order chi connectivity index (χ0) is 13.6. The molecule has 0 spiro atoms. The van der Waals surface area contributed by atoms with E-state index in [9.17, 15) is 4.79 Å². The normalized spacial score (nSPS) is 19.3. The number of hydrogen-bond donors (Lipinski definition) is 2. The van der Waals surface area contributed by atoms with Gasteiger partial charge in [-0.15, -0.1) is 0 Å². The fourth-order valence-electron chi connectivity index (χ4n) is 2.73. The third-order valence-corrected chi connectivity index (χ3v) is 3.97. The molecule has 1 atom stereocenters. The molecule has 19 heavy (non-hydrogen) atoms. The Morgan fingerprint density at radius 1 is 1.53 bits per heavy atom. The first-order valence-corrected chi connectivity index (χ1v) is 6.94. The molecular formula is C12H17N5OS. The smallest absolute Gasteiger partial charge is 0.220 e. The molecule has 1 fully saturated rings. The first-order chi connectivity index (χ1) is 9.10. The van der Waals surface area contributed by atoms with Gasteiger partial charge in [-0.1, -0.05) is 6.92 Å². The molecule has 102 valence electrons. The van der Waals surface area contributed by atoms with Crippen LogP contribution in [0.25, 0.3) is 11.2 Å². The van der Waals surface area contributed by atoms with E-state index in [2.05, 4.69) is 22.3 Å². The molecule has 1 unspecified atom stereocenters. The summed E-state index contributed by atoms with van der Waals surface area (Å²) in [6.07, 6.45) is 2.34. The molecule has 3 heterocycles. The fraction of sp³-hybridized carbons (Fsp3) is 0.583. The Morgan fingerprint density at radius 3 is 2.95 bits per heavy atom. The van der Waals surface area contributed by atoms with Crippen LogP contribution < -0.4 is 5.32 Å². The number of carbonyl (C=O) groups is 1. The van der Waals surface area contributed by atoms with Gasteiger partial charge in [0.25, 0.3) is 0 Å². The highest BCUT2D eigenvalue weighted by molar-refractivity contribution is 7.71. The van der Waals surface area contributed by atoms with E-state index in [0.717, 1.165) is 29.7 Å². The molecule has 2 N–H and O–H groups in total. The van der Waals surface area contributed by atoms with E-state index < -0.39 is 0 Å². The van der Waals surface area contributed by atoms with Crippen LogP contribution >= 0.6 is 12.2 Å². The lowest BCUT2D eigenvalue weighted by Gasteiger charge is -2.11. The van der Waals surface area contributed by atoms with Crippen LogP contribution in [-0.2, 0) is 24.8 Å². The van der Waals surface area contributed by atoms with Gasteiger partial charge in [0.15, 0.2) is 10.4 Å². The molecule has 0 aromatic carbocycles. The van der Waals surface area contributed by atoms with Gasteiger partial charge < -0.3 is 10.3 Å². The number of imidazole rings is 1. The van der Waals surface area contributed by atoms with Crippen LogP contribution in [0.15, 0.2) is 0 Å². The molecule has 7 heteroatoms. The standard InChI is InChI=1S/C12H17N5OS/c1-3-8-10-11(16(2)15-8)17(12(19)14-10)6-7-4-5-9(18)13-7/h7H,3-6H2,1-2H3,(H,13,18)(H,14,19). The lowest BCUT2D eigenvalue weighted by molar-refractivity contribution is -0.119. The van der Waals surface area contributed by atoms with Crippen molar-refractivity contribution in [1.29, 1.82) is 0 Å². The van der Waals surface area contributed by atoms with Gasteiger partial charge >= 0.3 is 0 Å². The Hall–Kier alpha value is -1.63. The summed E-state index contributed by atoms with van der Waals surface area (Å²) >= 11 is 5.39. The number of hydrogen-bond acceptors (Lipinski definition) is 3. The van der Waals surface area contributed by atoms with E-state index in [4.69, 9.17) is 12.2 Å². The second kappa shape index (κ2) is 4.48. The topological polar surface area (TPSA) is 67.6 Å². The summed E-state index contributed by atoms with van der Waals surface area (Å²) in [6, 6.07) is 0.165. The Balaban J connectivity index is 2.03. The van der Waals surface area contributed by atoms with Crippen LogP contribution in [0.2, 0.25) is 0 Å². The van der Waals surface area contributed by atoms with Gasteiger partial charge in [-0.2, -0.15) is 5.10 Å². The number of fused-ring (bicyclic) bond motifs is 1. The first kappa shape index (κ1) is 12.4. The number of rotatable bonds is 3. The number of aryl methyl sites for hydroxylation is 2. The molecule has 2 aromatic rings. The van der Waals surface area contributed by atoms with E-state index in [-0.39, 0.29) is 11.9 Å². The van der Waals surface area contributed by atoms with Crippen molar-refractivity contribution in [1.82, 2.24) is 24.6 Å². The van der Waals surface area contributed by atoms with Gasteiger partial charge in [-0.05, 0) is 25.1 Å². The number of aromatic nitrogens is 4. The fourth-order valence-corrected chi connectivity index (χ4v) is 2.99. The van der Waals surface area contributed by atoms with Crippen molar-refractivity contribution in [3.63, 3.8) is 0 Å². The number of nitrogens with one attached hydrogen (secondary N) is 2. The summed E-state index contributed by atoms with van der Waals surface area (Å²) < 4.78 is 4.59. The highest BCUT2D eigenvalue weighted by Gasteiger charge is 2.23. The first-order valence-electron chi connectivity index (χ1n) is 6.54. The summed E-state index contributed by atoms with van der Waals surface area (Å²) in [5.74, 6) is 0.127. The van der Waals surface area contributed by atoms with Crippen molar-refractivity contribution >= 4 is 29.3 Å². The van der Waals surface area contributed by atoms with Crippen LogP contribution in [0.1, 0.15) is 25.5 Å². The molecular weight excluding hydrogens is 262 g/mol. The van der Waals surface area contributed by atoms with Crippen molar-refractivity contribution in [2.24, 2.45) is 7.05 Å². The maximum absolute atomic E-state index is 11.3. The second-order valence-corrected chi connectivity index (χ2v) is 5.35. The number of H-pyrrole nitrogens is 1. The van der Waals surface area contributed by atoms with Gasteiger partial charge in [0, 0.05) is 26.1 Å². The average Bonchev–Trinajstić information content (AvgIpc) is 3.00. The number of amides is 1. The maximum Gasteiger partial charge on any atom is 0.220 e. The zero-order valence-corrected chi connectivity index (χ0v) is 11.9. The predicted molar refractivity (Wildman–Crippen MR) is 74.4 cm³/mol. The largest absolute Gasteiger partial charge is 0.352 e. The lowest BCUT2D eigenvalue weighted by atomic mass is 10.2. The van der Waals surface area contributed by atoms with Gasteiger partial charge in [-0.3, -0.25) is 14.0 Å². The lowest BCUT2D eigenvalue weighted by Crippen LogP contribution is -2.29. The zero-order valence-electron chi connectivity index (χ0n) is 11.1. The molecule has 1 amide bonds. The van der Waals surface area contributed by atoms with Crippen molar-refractivity contribution in [2.45, 2.75) is 38.8 Å². The monoisotopic (exact) mass is 279 g/mol. The third-order valence-electron chi connectivity index (χ3n) is 3.65. The summed E-state index contributed by atoms with van der Waals surface area (Å²) in [5, 5.41) is 7.47. The maximum atomic E-state index is 11.3. The van der Waals surface area contributed by atoms with Crippen molar-refractivity contribution in [3.8, 4) is 0 Å². The van der Waals surface area contributed by atoms with Crippen molar-refractivity contribution in [2.75, 3.05) is 0 Å². The van der Waals surface area contributed by atoms with E-state index in [1.54, 1.807) is 0 Å². The minimum Gasteiger partial charge on any atom is -0.352 e.